The lowest BCUT2D eigenvalue weighted by molar-refractivity contribution is 0.417. The third kappa shape index (κ3) is 2.60. The normalized spacial score (nSPS) is 11.0. The van der Waals surface area contributed by atoms with Gasteiger partial charge in [-0.05, 0) is 30.7 Å². The molecular weight excluding hydrogens is 275 g/mol. The summed E-state index contributed by atoms with van der Waals surface area (Å²) < 4.78 is 19.7. The number of nitrogen functional groups attached to an aromatic ring is 1. The van der Waals surface area contributed by atoms with Crippen LogP contribution in [0.2, 0.25) is 0 Å². The number of nitrogens with two attached hydrogens (primary N) is 1. The summed E-state index contributed by atoms with van der Waals surface area (Å²) in [5.74, 6) is 0.869. The molecule has 0 saturated heterocycles. The van der Waals surface area contributed by atoms with Gasteiger partial charge in [-0.1, -0.05) is 17.3 Å². The van der Waals surface area contributed by atoms with Crippen LogP contribution in [0.5, 0.6) is 0 Å². The van der Waals surface area contributed by atoms with Gasteiger partial charge >= 0.3 is 0 Å². The van der Waals surface area contributed by atoms with E-state index in [-0.39, 0.29) is 5.82 Å². The summed E-state index contributed by atoms with van der Waals surface area (Å²) in [5.41, 5.74) is 7.20. The summed E-state index contributed by atoms with van der Waals surface area (Å²) in [5, 5.41) is 11.7. The zero-order valence-electron chi connectivity index (χ0n) is 11.3. The zero-order chi connectivity index (χ0) is 14.8. The van der Waals surface area contributed by atoms with Crippen molar-refractivity contribution in [2.45, 2.75) is 19.9 Å². The Morgan fingerprint density at radius 1 is 1.29 bits per heavy atom. The van der Waals surface area contributed by atoms with Gasteiger partial charge in [0.2, 0.25) is 0 Å². The van der Waals surface area contributed by atoms with Crippen molar-refractivity contribution in [3.05, 3.63) is 41.6 Å². The van der Waals surface area contributed by atoms with E-state index in [9.17, 15) is 4.39 Å². The first-order valence-electron chi connectivity index (χ1n) is 6.43. The quantitative estimate of drug-likeness (QED) is 0.784. The average molecular weight is 288 g/mol. The second kappa shape index (κ2) is 5.31. The molecule has 2 aromatic heterocycles. The minimum Gasteiger partial charge on any atom is -0.381 e. The van der Waals surface area contributed by atoms with E-state index in [4.69, 9.17) is 10.3 Å². The molecule has 0 fully saturated rings. The van der Waals surface area contributed by atoms with Crippen molar-refractivity contribution in [1.29, 1.82) is 0 Å². The number of aromatic nitrogens is 5. The summed E-state index contributed by atoms with van der Waals surface area (Å²) in [6.07, 6.45) is 0.710. The van der Waals surface area contributed by atoms with Crippen molar-refractivity contribution in [3.63, 3.8) is 0 Å². The van der Waals surface area contributed by atoms with Crippen LogP contribution in [0, 0.1) is 5.82 Å². The highest BCUT2D eigenvalue weighted by molar-refractivity contribution is 5.52. The average Bonchev–Trinajstić information content (AvgIpc) is 3.07. The van der Waals surface area contributed by atoms with Crippen LogP contribution in [0.3, 0.4) is 0 Å². The second-order valence-electron chi connectivity index (χ2n) is 4.46. The molecule has 0 saturated carbocycles. The smallest absolute Gasteiger partial charge is 0.257 e. The first-order valence-corrected chi connectivity index (χ1v) is 6.43. The van der Waals surface area contributed by atoms with Crippen LogP contribution in [-0.4, -0.2) is 25.1 Å². The van der Waals surface area contributed by atoms with Crippen molar-refractivity contribution in [1.82, 2.24) is 25.1 Å². The SMILES string of the molecule is CCc1c(N)nnn1Cc1noc(-c2ccc(F)cc2)n1. The highest BCUT2D eigenvalue weighted by atomic mass is 19.1. The molecule has 0 bridgehead atoms. The number of benzene rings is 1. The monoisotopic (exact) mass is 288 g/mol. The summed E-state index contributed by atoms with van der Waals surface area (Å²) in [7, 11) is 0. The Balaban J connectivity index is 1.83. The largest absolute Gasteiger partial charge is 0.381 e. The summed E-state index contributed by atoms with van der Waals surface area (Å²) in [4.78, 5) is 4.26. The second-order valence-corrected chi connectivity index (χ2v) is 4.46. The van der Waals surface area contributed by atoms with Crippen LogP contribution in [0.4, 0.5) is 10.2 Å². The molecule has 7 nitrogen and oxygen atoms in total. The van der Waals surface area contributed by atoms with E-state index >= 15 is 0 Å². The Labute approximate surface area is 119 Å². The van der Waals surface area contributed by atoms with Crippen molar-refractivity contribution < 1.29 is 8.91 Å². The molecule has 2 N–H and O–H groups in total. The first kappa shape index (κ1) is 13.2. The Kier molecular flexibility index (Phi) is 3.35. The van der Waals surface area contributed by atoms with Crippen LogP contribution in [0.1, 0.15) is 18.4 Å². The third-order valence-corrected chi connectivity index (χ3v) is 3.05. The lowest BCUT2D eigenvalue weighted by Gasteiger charge is -2.00. The van der Waals surface area contributed by atoms with E-state index in [1.807, 2.05) is 6.92 Å². The van der Waals surface area contributed by atoms with Crippen LogP contribution in [-0.2, 0) is 13.0 Å². The Morgan fingerprint density at radius 3 is 2.76 bits per heavy atom. The lowest BCUT2D eigenvalue weighted by atomic mass is 10.2. The van der Waals surface area contributed by atoms with Gasteiger partial charge in [0, 0.05) is 5.56 Å². The van der Waals surface area contributed by atoms with E-state index in [0.29, 0.717) is 36.1 Å². The molecule has 8 heteroatoms. The molecular formula is C13H13FN6O. The molecule has 108 valence electrons. The molecule has 0 spiro atoms. The molecule has 3 aromatic rings. The predicted molar refractivity (Wildman–Crippen MR) is 72.6 cm³/mol. The van der Waals surface area contributed by atoms with Gasteiger partial charge in [-0.3, -0.25) is 0 Å². The number of anilines is 1. The number of nitrogens with zero attached hydrogens (tertiary/aromatic N) is 5. The summed E-state index contributed by atoms with van der Waals surface area (Å²) in [6, 6.07) is 5.84. The van der Waals surface area contributed by atoms with E-state index in [1.54, 1.807) is 16.8 Å². The minimum absolute atomic E-state index is 0.316. The highest BCUT2D eigenvalue weighted by Crippen LogP contribution is 2.18. The van der Waals surface area contributed by atoms with Crippen molar-refractivity contribution in [2.24, 2.45) is 0 Å². The van der Waals surface area contributed by atoms with Gasteiger partial charge in [0.05, 0.1) is 5.69 Å². The topological polar surface area (TPSA) is 95.7 Å². The fourth-order valence-electron chi connectivity index (χ4n) is 2.00. The molecule has 1 aromatic carbocycles. The molecule has 0 unspecified atom stereocenters. The van der Waals surface area contributed by atoms with E-state index in [2.05, 4.69) is 20.5 Å². The molecule has 0 atom stereocenters. The van der Waals surface area contributed by atoms with Gasteiger partial charge in [0.1, 0.15) is 12.4 Å². The molecule has 3 rings (SSSR count). The van der Waals surface area contributed by atoms with Crippen LogP contribution in [0.15, 0.2) is 28.8 Å². The summed E-state index contributed by atoms with van der Waals surface area (Å²) in [6.45, 7) is 2.28. The maximum absolute atomic E-state index is 12.9. The van der Waals surface area contributed by atoms with Crippen LogP contribution in [0.25, 0.3) is 11.5 Å². The van der Waals surface area contributed by atoms with Crippen LogP contribution >= 0.6 is 0 Å². The minimum atomic E-state index is -0.316. The van der Waals surface area contributed by atoms with Gasteiger partial charge in [0.25, 0.3) is 5.89 Å². The molecule has 0 amide bonds. The van der Waals surface area contributed by atoms with Crippen molar-refractivity contribution in [2.75, 3.05) is 5.73 Å². The first-order chi connectivity index (χ1) is 10.2. The lowest BCUT2D eigenvalue weighted by Crippen LogP contribution is -2.08. The van der Waals surface area contributed by atoms with E-state index < -0.39 is 0 Å². The van der Waals surface area contributed by atoms with Gasteiger partial charge in [-0.25, -0.2) is 9.07 Å². The fraction of sp³-hybridized carbons (Fsp3) is 0.231. The molecule has 0 radical (unpaired) electrons. The fourth-order valence-corrected chi connectivity index (χ4v) is 2.00. The highest BCUT2D eigenvalue weighted by Gasteiger charge is 2.13. The zero-order valence-corrected chi connectivity index (χ0v) is 11.3. The maximum atomic E-state index is 12.9. The molecule has 0 aliphatic carbocycles. The van der Waals surface area contributed by atoms with Crippen molar-refractivity contribution in [3.8, 4) is 11.5 Å². The number of hydrogen-bond acceptors (Lipinski definition) is 6. The standard InChI is InChI=1S/C13H13FN6O/c1-2-10-12(15)17-19-20(10)7-11-16-13(21-18-11)8-3-5-9(14)6-4-8/h3-6H,2,7,15H2,1H3. The van der Waals surface area contributed by atoms with Gasteiger partial charge in [0.15, 0.2) is 11.6 Å². The molecule has 0 aliphatic rings. The van der Waals surface area contributed by atoms with Gasteiger partial charge in [-0.15, -0.1) is 5.10 Å². The Morgan fingerprint density at radius 2 is 2.05 bits per heavy atom. The summed E-state index contributed by atoms with van der Waals surface area (Å²) >= 11 is 0. The van der Waals surface area contributed by atoms with Gasteiger partial charge in [-0.2, -0.15) is 4.98 Å². The molecule has 21 heavy (non-hydrogen) atoms. The number of halogens is 1. The maximum Gasteiger partial charge on any atom is 0.257 e. The number of rotatable bonds is 4. The van der Waals surface area contributed by atoms with Crippen molar-refractivity contribution >= 4 is 5.82 Å². The predicted octanol–water partition coefficient (Wildman–Crippen LogP) is 1.66. The third-order valence-electron chi connectivity index (χ3n) is 3.05. The van der Waals surface area contributed by atoms with Gasteiger partial charge < -0.3 is 10.3 Å². The van der Waals surface area contributed by atoms with E-state index in [1.165, 1.54) is 12.1 Å². The van der Waals surface area contributed by atoms with E-state index in [0.717, 1.165) is 5.69 Å². The number of hydrogen-bond donors (Lipinski definition) is 1. The molecule has 0 aliphatic heterocycles. The van der Waals surface area contributed by atoms with Crippen LogP contribution < -0.4 is 5.73 Å². The Hall–Kier alpha value is -2.77. The Bertz CT molecular complexity index is 748. The molecule has 2 heterocycles.